The van der Waals surface area contributed by atoms with Gasteiger partial charge in [-0.3, -0.25) is 9.97 Å². The molecule has 5 heterocycles. The molecule has 0 saturated heterocycles. The Balaban J connectivity index is 0.000000270. The minimum atomic E-state index is -1.87. The number of aromatic nitrogens is 5. The third kappa shape index (κ3) is 11.1. The minimum Gasteiger partial charge on any atom is -0.486 e. The summed E-state index contributed by atoms with van der Waals surface area (Å²) < 4.78 is 10.8. The van der Waals surface area contributed by atoms with Crippen LogP contribution in [0.1, 0.15) is 113 Å². The van der Waals surface area contributed by atoms with Crippen molar-refractivity contribution >= 4 is 50.8 Å². The van der Waals surface area contributed by atoms with Crippen LogP contribution < -0.4 is 4.40 Å². The van der Waals surface area contributed by atoms with Gasteiger partial charge in [-0.05, 0) is 85.0 Å². The van der Waals surface area contributed by atoms with Crippen LogP contribution in [0.25, 0.3) is 83.7 Å². The first-order chi connectivity index (χ1) is 36.0. The monoisotopic (exact) mass is 1240 g/mol. The quantitative estimate of drug-likeness (QED) is 0.0953. The number of fused-ring (bicyclic) bond motifs is 4. The van der Waals surface area contributed by atoms with Gasteiger partial charge >= 0.3 is 132 Å². The van der Waals surface area contributed by atoms with E-state index in [0.29, 0.717) is 17.5 Å². The second-order valence-corrected chi connectivity index (χ2v) is 34.0. The van der Waals surface area contributed by atoms with Crippen LogP contribution in [0.4, 0.5) is 0 Å². The molecule has 1 saturated carbocycles. The Morgan fingerprint density at radius 2 is 1.43 bits per heavy atom. The molecule has 11 rings (SSSR count). The number of imidazole rings is 1. The molecule has 8 heteroatoms. The maximum atomic E-state index is 6.90. The molecule has 391 valence electrons. The number of hydrogen-bond acceptors (Lipinski definition) is 5. The van der Waals surface area contributed by atoms with E-state index in [1.165, 1.54) is 43.2 Å². The molecule has 0 bridgehead atoms. The molecule has 2 unspecified atom stereocenters. The maximum absolute atomic E-state index is 6.90. The van der Waals surface area contributed by atoms with Gasteiger partial charge in [-0.15, -0.1) is 17.7 Å². The molecule has 0 amide bonds. The largest absolute Gasteiger partial charge is 0.486 e. The maximum Gasteiger partial charge on any atom is 0.216 e. The summed E-state index contributed by atoms with van der Waals surface area (Å²) in [7, 11) is 0. The van der Waals surface area contributed by atoms with Gasteiger partial charge in [0.1, 0.15) is 0 Å². The van der Waals surface area contributed by atoms with E-state index >= 15 is 0 Å². The summed E-state index contributed by atoms with van der Waals surface area (Å²) in [4.78, 5) is 20.4. The first-order valence-corrected chi connectivity index (χ1v) is 34.7. The van der Waals surface area contributed by atoms with Crippen LogP contribution in [0.3, 0.4) is 0 Å². The van der Waals surface area contributed by atoms with E-state index in [2.05, 4.69) is 211 Å². The molecular weight excluding hydrogens is 1170 g/mol. The normalized spacial score (nSPS) is 13.9. The van der Waals surface area contributed by atoms with Gasteiger partial charge in [0.05, 0.1) is 33.8 Å². The molecule has 0 spiro atoms. The number of furan rings is 1. The first kappa shape index (κ1) is 54.8. The molecule has 1 fully saturated rings. The zero-order valence-electron chi connectivity index (χ0n) is 46.7. The average molecular weight is 1240 g/mol. The summed E-state index contributed by atoms with van der Waals surface area (Å²) in [5, 5.41) is 2.09. The second-order valence-electron chi connectivity index (χ2n) is 23.4. The fourth-order valence-corrected chi connectivity index (χ4v) is 14.7. The molecule has 76 heavy (non-hydrogen) atoms. The van der Waals surface area contributed by atoms with Gasteiger partial charge in [0.2, 0.25) is 5.71 Å². The van der Waals surface area contributed by atoms with E-state index in [1.807, 2.05) is 19.1 Å². The van der Waals surface area contributed by atoms with Crippen LogP contribution in [0.5, 0.6) is 0 Å². The third-order valence-corrected chi connectivity index (χ3v) is 20.1. The summed E-state index contributed by atoms with van der Waals surface area (Å²) in [6.45, 7) is 20.1. The van der Waals surface area contributed by atoms with Crippen LogP contribution >= 0.6 is 0 Å². The number of benzene rings is 5. The van der Waals surface area contributed by atoms with E-state index in [1.54, 1.807) is 4.40 Å². The fourth-order valence-electron chi connectivity index (χ4n) is 11.4. The predicted molar refractivity (Wildman–Crippen MR) is 317 cm³/mol. The van der Waals surface area contributed by atoms with Crippen molar-refractivity contribution in [1.82, 2.24) is 24.5 Å². The van der Waals surface area contributed by atoms with Crippen LogP contribution in [-0.2, 0) is 31.9 Å². The Morgan fingerprint density at radius 1 is 0.776 bits per heavy atom. The molecule has 1 aliphatic carbocycles. The summed E-state index contributed by atoms with van der Waals surface area (Å²) in [5.74, 6) is 9.91. The van der Waals surface area contributed by atoms with Gasteiger partial charge in [0.25, 0.3) is 0 Å². The summed E-state index contributed by atoms with van der Waals surface area (Å²) >= 11 is -1.87. The number of hydrogen-bond donors (Lipinski definition) is 0. The molecule has 5 aromatic heterocycles. The zero-order valence-corrected chi connectivity index (χ0v) is 51.1. The molecule has 1 radical (unpaired) electrons. The number of aryl methyl sites for hydroxylation is 3. The van der Waals surface area contributed by atoms with Gasteiger partial charge in [-0.2, -0.15) is 0 Å². The Morgan fingerprint density at radius 3 is 2.04 bits per heavy atom. The summed E-state index contributed by atoms with van der Waals surface area (Å²) in [6, 6.07) is 52.2. The van der Waals surface area contributed by atoms with Gasteiger partial charge in [-0.1, -0.05) is 119 Å². The first-order valence-electron chi connectivity index (χ1n) is 27.4. The number of pyridine rings is 3. The van der Waals surface area contributed by atoms with Crippen molar-refractivity contribution in [2.24, 2.45) is 11.8 Å². The van der Waals surface area contributed by atoms with E-state index < -0.39 is 13.3 Å². The van der Waals surface area contributed by atoms with Crippen molar-refractivity contribution in [1.29, 1.82) is 0 Å². The Bertz CT molecular complexity index is 3600. The van der Waals surface area contributed by atoms with Crippen LogP contribution in [0.2, 0.25) is 17.3 Å². The second kappa shape index (κ2) is 22.5. The molecule has 10 aromatic rings. The summed E-state index contributed by atoms with van der Waals surface area (Å²) in [6.07, 6.45) is 9.71. The van der Waals surface area contributed by atoms with Gasteiger partial charge in [0, 0.05) is 53.9 Å². The zero-order chi connectivity index (χ0) is 52.8. The molecular formula is C68H73GeIrN5O-2. The molecule has 1 aliphatic rings. The third-order valence-electron chi connectivity index (χ3n) is 15.8. The van der Waals surface area contributed by atoms with Crippen molar-refractivity contribution in [2.75, 3.05) is 0 Å². The molecule has 6 nitrogen and oxygen atoms in total. The van der Waals surface area contributed by atoms with Crippen molar-refractivity contribution in [2.45, 2.75) is 129 Å². The van der Waals surface area contributed by atoms with Crippen molar-refractivity contribution in [3.8, 4) is 50.6 Å². The SMILES string of the molecule is CCC(C)Cc1cc(-c2[c-]cccc2)nc[c]1[Ge]([CH3])([CH3])[CH3].Cc1cc2nc(-c3[c-]cc(C)c4c3oc3nc(C(C)C5CCCC5)ccc34)n(-c3c(-c4ccccc4)cc(C(C)(C)C)cc3-c3ccccc3)c2c(C)n1.[Ir]. The van der Waals surface area contributed by atoms with Crippen molar-refractivity contribution in [3.05, 3.63) is 179 Å². The van der Waals surface area contributed by atoms with E-state index in [-0.39, 0.29) is 25.5 Å². The number of rotatable bonds is 11. The average Bonchev–Trinajstić information content (AvgIpc) is 4.17. The molecule has 0 N–H and O–H groups in total. The number of nitrogens with zero attached hydrogens (tertiary/aromatic N) is 5. The Kier molecular flexibility index (Phi) is 16.2. The molecule has 0 aliphatic heterocycles. The summed E-state index contributed by atoms with van der Waals surface area (Å²) in [5.41, 5.74) is 18.6. The molecule has 2 atom stereocenters. The topological polar surface area (TPSA) is 69.6 Å². The molecule has 5 aromatic carbocycles. The van der Waals surface area contributed by atoms with Crippen LogP contribution in [0.15, 0.2) is 138 Å². The Hall–Kier alpha value is -5.99. The van der Waals surface area contributed by atoms with Gasteiger partial charge in [-0.25, -0.2) is 4.98 Å². The van der Waals surface area contributed by atoms with E-state index in [4.69, 9.17) is 24.4 Å². The van der Waals surface area contributed by atoms with Crippen LogP contribution in [0, 0.1) is 44.7 Å². The fraction of sp³-hybridized carbons (Fsp3) is 0.324. The Labute approximate surface area is 468 Å². The van der Waals surface area contributed by atoms with Crippen molar-refractivity contribution in [3.63, 3.8) is 0 Å². The minimum absolute atomic E-state index is 0. The smallest absolute Gasteiger partial charge is 0.216 e. The van der Waals surface area contributed by atoms with E-state index in [9.17, 15) is 0 Å². The van der Waals surface area contributed by atoms with Gasteiger partial charge in [0.15, 0.2) is 0 Å². The van der Waals surface area contributed by atoms with E-state index in [0.717, 1.165) is 113 Å². The van der Waals surface area contributed by atoms with Gasteiger partial charge < -0.3 is 8.98 Å². The predicted octanol–water partition coefficient (Wildman–Crippen LogP) is 17.7. The van der Waals surface area contributed by atoms with Crippen molar-refractivity contribution < 1.29 is 24.5 Å². The standard InChI is InChI=1S/C49H47N4O.C19H26GeN.Ir/c1-29-22-23-38(46-43(29)37-24-25-41(52-48(37)54-46)31(3)33-16-14-15-17-33)47-51-42-26-30(2)50-32(4)44(42)53(47)45-39(34-18-10-8-11-19-34)27-36(49(5,6)7)28-40(45)35-20-12-9-13-21-35;1-6-15(2)12-17-13-19(16-10-8-7-9-11-16)21-14-18(17)20(3,4)5;/h8-13,18-22,24-28,31,33H,14-17H2,1-7H3;7-10,13-15H,6,12H2,1-5H3;/q2*-1;. The van der Waals surface area contributed by atoms with Crippen LogP contribution in [-0.4, -0.2) is 37.8 Å².